The monoisotopic (exact) mass is 343 g/mol. The molecule has 0 aliphatic carbocycles. The van der Waals surface area contributed by atoms with Crippen LogP contribution in [0.15, 0.2) is 27.6 Å². The number of nitrogens with zero attached hydrogens (tertiary/aromatic N) is 1. The minimum Gasteiger partial charge on any atom is -0.396 e. The molecule has 0 aromatic heterocycles. The van der Waals surface area contributed by atoms with Crippen LogP contribution in [-0.4, -0.2) is 35.1 Å². The summed E-state index contributed by atoms with van der Waals surface area (Å²) < 4.78 is 0.808. The molecule has 5 heteroatoms. The number of carbonyl (C=O) groups is 1. The predicted molar refractivity (Wildman–Crippen MR) is 81.8 cm³/mol. The van der Waals surface area contributed by atoms with Crippen LogP contribution in [-0.2, 0) is 0 Å². The van der Waals surface area contributed by atoms with E-state index in [0.29, 0.717) is 5.56 Å². The Hall–Kier alpha value is -0.520. The van der Waals surface area contributed by atoms with E-state index < -0.39 is 0 Å². The van der Waals surface area contributed by atoms with Gasteiger partial charge in [0.05, 0.1) is 5.56 Å². The van der Waals surface area contributed by atoms with Crippen molar-refractivity contribution < 1.29 is 9.90 Å². The molecule has 1 amide bonds. The van der Waals surface area contributed by atoms with E-state index in [0.717, 1.165) is 41.6 Å². The summed E-state index contributed by atoms with van der Waals surface area (Å²) in [5, 5.41) is 8.93. The molecule has 1 atom stereocenters. The molecule has 1 aromatic rings. The van der Waals surface area contributed by atoms with Gasteiger partial charge in [-0.1, -0.05) is 0 Å². The molecule has 104 valence electrons. The van der Waals surface area contributed by atoms with Gasteiger partial charge in [-0.15, -0.1) is 12.6 Å². The molecule has 1 aliphatic heterocycles. The Kier molecular flexibility index (Phi) is 5.30. The van der Waals surface area contributed by atoms with Crippen LogP contribution in [0.2, 0.25) is 0 Å². The highest BCUT2D eigenvalue weighted by atomic mass is 79.9. The number of benzene rings is 1. The van der Waals surface area contributed by atoms with E-state index in [9.17, 15) is 4.79 Å². The van der Waals surface area contributed by atoms with Crippen molar-refractivity contribution in [2.75, 3.05) is 13.2 Å². The molecule has 2 rings (SSSR count). The molecule has 1 saturated heterocycles. The molecule has 0 saturated carbocycles. The average Bonchev–Trinajstić information content (AvgIpc) is 2.86. The van der Waals surface area contributed by atoms with Crippen molar-refractivity contribution in [1.82, 2.24) is 4.90 Å². The second-order valence-corrected chi connectivity index (χ2v) is 6.20. The summed E-state index contributed by atoms with van der Waals surface area (Å²) in [4.78, 5) is 15.3. The summed E-state index contributed by atoms with van der Waals surface area (Å²) in [6.45, 7) is 0.993. The zero-order chi connectivity index (χ0) is 13.8. The van der Waals surface area contributed by atoms with Gasteiger partial charge in [-0.25, -0.2) is 0 Å². The van der Waals surface area contributed by atoms with Crippen LogP contribution in [0.3, 0.4) is 0 Å². The first-order valence-corrected chi connectivity index (χ1v) is 7.78. The number of amides is 1. The maximum Gasteiger partial charge on any atom is 0.255 e. The molecule has 0 spiro atoms. The van der Waals surface area contributed by atoms with E-state index in [4.69, 9.17) is 5.11 Å². The number of hydrogen-bond donors (Lipinski definition) is 2. The smallest absolute Gasteiger partial charge is 0.255 e. The van der Waals surface area contributed by atoms with E-state index in [1.807, 2.05) is 17.0 Å². The van der Waals surface area contributed by atoms with Gasteiger partial charge in [-0.05, 0) is 59.8 Å². The Balaban J connectivity index is 2.16. The molecule has 1 unspecified atom stereocenters. The molecular formula is C14H18BrNO2S. The Morgan fingerprint density at radius 1 is 1.53 bits per heavy atom. The van der Waals surface area contributed by atoms with Crippen molar-refractivity contribution in [2.24, 2.45) is 0 Å². The SMILES string of the molecule is O=C(c1cc(S)ccc1Br)N1CCCC1CCCO. The van der Waals surface area contributed by atoms with Gasteiger partial charge in [0.15, 0.2) is 0 Å². The lowest BCUT2D eigenvalue weighted by atomic mass is 10.1. The summed E-state index contributed by atoms with van der Waals surface area (Å²) in [5.74, 6) is 0.0585. The average molecular weight is 344 g/mol. The van der Waals surface area contributed by atoms with Crippen LogP contribution in [0.5, 0.6) is 0 Å². The third kappa shape index (κ3) is 3.52. The molecule has 0 radical (unpaired) electrons. The Morgan fingerprint density at radius 3 is 3.05 bits per heavy atom. The largest absolute Gasteiger partial charge is 0.396 e. The molecule has 19 heavy (non-hydrogen) atoms. The summed E-state index contributed by atoms with van der Waals surface area (Å²) in [7, 11) is 0. The standard InChI is InChI=1S/C14H18BrNO2S/c15-13-6-5-11(19)9-12(13)14(18)16-7-1-3-10(16)4-2-8-17/h5-6,9-10,17,19H,1-4,7-8H2. The number of aliphatic hydroxyl groups excluding tert-OH is 1. The molecule has 1 N–H and O–H groups in total. The topological polar surface area (TPSA) is 40.5 Å². The lowest BCUT2D eigenvalue weighted by Gasteiger charge is -2.25. The second-order valence-electron chi connectivity index (χ2n) is 4.82. The third-order valence-corrected chi connectivity index (χ3v) is 4.48. The zero-order valence-electron chi connectivity index (χ0n) is 10.7. The first-order chi connectivity index (χ1) is 9.13. The Bertz CT molecular complexity index is 467. The van der Waals surface area contributed by atoms with E-state index in [1.165, 1.54) is 0 Å². The van der Waals surface area contributed by atoms with Crippen molar-refractivity contribution in [3.05, 3.63) is 28.2 Å². The van der Waals surface area contributed by atoms with Crippen molar-refractivity contribution in [2.45, 2.75) is 36.6 Å². The van der Waals surface area contributed by atoms with Gasteiger partial charge in [0, 0.05) is 28.6 Å². The van der Waals surface area contributed by atoms with Gasteiger partial charge < -0.3 is 10.0 Å². The van der Waals surface area contributed by atoms with Gasteiger partial charge in [0.1, 0.15) is 0 Å². The van der Waals surface area contributed by atoms with Crippen LogP contribution in [0, 0.1) is 0 Å². The van der Waals surface area contributed by atoms with Crippen LogP contribution >= 0.6 is 28.6 Å². The highest BCUT2D eigenvalue weighted by molar-refractivity contribution is 9.10. The van der Waals surface area contributed by atoms with Gasteiger partial charge >= 0.3 is 0 Å². The number of hydrogen-bond acceptors (Lipinski definition) is 3. The Morgan fingerprint density at radius 2 is 2.32 bits per heavy atom. The highest BCUT2D eigenvalue weighted by Crippen LogP contribution is 2.27. The van der Waals surface area contributed by atoms with Crippen molar-refractivity contribution in [3.63, 3.8) is 0 Å². The first kappa shape index (κ1) is 14.9. The van der Waals surface area contributed by atoms with E-state index >= 15 is 0 Å². The number of rotatable bonds is 4. The summed E-state index contributed by atoms with van der Waals surface area (Å²) in [6, 6.07) is 5.78. The Labute approximate surface area is 127 Å². The van der Waals surface area contributed by atoms with Gasteiger partial charge in [0.25, 0.3) is 5.91 Å². The van der Waals surface area contributed by atoms with Gasteiger partial charge in [-0.2, -0.15) is 0 Å². The van der Waals surface area contributed by atoms with Crippen molar-refractivity contribution >= 4 is 34.5 Å². The zero-order valence-corrected chi connectivity index (χ0v) is 13.2. The van der Waals surface area contributed by atoms with Crippen LogP contribution in [0.25, 0.3) is 0 Å². The lowest BCUT2D eigenvalue weighted by molar-refractivity contribution is 0.0723. The predicted octanol–water partition coefficient (Wildman–Crippen LogP) is 3.11. The highest BCUT2D eigenvalue weighted by Gasteiger charge is 2.29. The lowest BCUT2D eigenvalue weighted by Crippen LogP contribution is -2.35. The van der Waals surface area contributed by atoms with E-state index in [1.54, 1.807) is 6.07 Å². The molecule has 1 aromatic carbocycles. The van der Waals surface area contributed by atoms with Crippen LogP contribution in [0.4, 0.5) is 0 Å². The molecule has 0 bridgehead atoms. The van der Waals surface area contributed by atoms with Crippen molar-refractivity contribution in [1.29, 1.82) is 0 Å². The fraction of sp³-hybridized carbons (Fsp3) is 0.500. The molecule has 3 nitrogen and oxygen atoms in total. The molecule has 1 aliphatic rings. The minimum absolute atomic E-state index is 0.0585. The van der Waals surface area contributed by atoms with Gasteiger partial charge in [0.2, 0.25) is 0 Å². The maximum absolute atomic E-state index is 12.6. The molecular weight excluding hydrogens is 326 g/mol. The van der Waals surface area contributed by atoms with Crippen molar-refractivity contribution in [3.8, 4) is 0 Å². The number of aliphatic hydroxyl groups is 1. The molecule has 1 fully saturated rings. The number of likely N-dealkylation sites (tertiary alicyclic amines) is 1. The number of thiol groups is 1. The third-order valence-electron chi connectivity index (χ3n) is 3.51. The fourth-order valence-corrected chi connectivity index (χ4v) is 3.18. The van der Waals surface area contributed by atoms with Crippen LogP contribution in [0.1, 0.15) is 36.0 Å². The molecule has 1 heterocycles. The minimum atomic E-state index is 0.0585. The fourth-order valence-electron chi connectivity index (χ4n) is 2.56. The summed E-state index contributed by atoms with van der Waals surface area (Å²) in [6.07, 6.45) is 3.70. The normalized spacial score (nSPS) is 18.9. The quantitative estimate of drug-likeness (QED) is 0.824. The van der Waals surface area contributed by atoms with Gasteiger partial charge in [-0.3, -0.25) is 4.79 Å². The van der Waals surface area contributed by atoms with E-state index in [-0.39, 0.29) is 18.6 Å². The van der Waals surface area contributed by atoms with E-state index in [2.05, 4.69) is 28.6 Å². The first-order valence-electron chi connectivity index (χ1n) is 6.54. The summed E-state index contributed by atoms with van der Waals surface area (Å²) in [5.41, 5.74) is 0.670. The second kappa shape index (κ2) is 6.77. The van der Waals surface area contributed by atoms with Crippen LogP contribution < -0.4 is 0 Å². The maximum atomic E-state index is 12.6. The number of halogens is 1. The summed E-state index contributed by atoms with van der Waals surface area (Å²) >= 11 is 7.72. The number of carbonyl (C=O) groups excluding carboxylic acids is 1.